The number of hydrogen-bond acceptors (Lipinski definition) is 3. The molecule has 0 saturated carbocycles. The zero-order chi connectivity index (χ0) is 24.0. The van der Waals surface area contributed by atoms with Gasteiger partial charge in [-0.05, 0) is 51.6 Å². The van der Waals surface area contributed by atoms with Crippen molar-refractivity contribution in [3.8, 4) is 22.3 Å². The predicted molar refractivity (Wildman–Crippen MR) is 107 cm³/mol. The quantitative estimate of drug-likeness (QED) is 0.308. The first-order valence-corrected chi connectivity index (χ1v) is 9.71. The molecule has 0 aliphatic carbocycles. The van der Waals surface area contributed by atoms with E-state index in [0.717, 1.165) is 0 Å². The molecule has 1 aliphatic rings. The van der Waals surface area contributed by atoms with Gasteiger partial charge >= 0.3 is 18.3 Å². The summed E-state index contributed by atoms with van der Waals surface area (Å²) >= 11 is 0. The lowest BCUT2D eigenvalue weighted by Gasteiger charge is -2.17. The Labute approximate surface area is 184 Å². The molecular formula is C24H16F6O3. The van der Waals surface area contributed by atoms with Crippen molar-refractivity contribution in [2.45, 2.75) is 25.1 Å². The maximum atomic E-state index is 13.4. The van der Waals surface area contributed by atoms with Gasteiger partial charge < -0.3 is 9.47 Å². The van der Waals surface area contributed by atoms with Gasteiger partial charge in [0.2, 0.25) is 0 Å². The summed E-state index contributed by atoms with van der Waals surface area (Å²) in [6, 6.07) is 12.9. The molecule has 33 heavy (non-hydrogen) atoms. The lowest BCUT2D eigenvalue weighted by molar-refractivity contribution is -0.155. The van der Waals surface area contributed by atoms with Gasteiger partial charge in [-0.2, -0.15) is 26.3 Å². The number of halogens is 6. The Hall–Kier alpha value is -3.33. The van der Waals surface area contributed by atoms with E-state index in [2.05, 4.69) is 0 Å². The number of carbonyl (C=O) groups excluding carboxylic acids is 1. The first-order valence-electron chi connectivity index (χ1n) is 9.71. The SMILES string of the molecule is COC(=O)C1OCc2c(-c3cc(C(F)(F)F)cc(C(F)(F)F)c3)cccc2-c2ccccc21. The van der Waals surface area contributed by atoms with Crippen molar-refractivity contribution in [3.63, 3.8) is 0 Å². The zero-order valence-corrected chi connectivity index (χ0v) is 17.1. The van der Waals surface area contributed by atoms with E-state index in [1.54, 1.807) is 30.3 Å². The highest BCUT2D eigenvalue weighted by Gasteiger charge is 2.37. The fourth-order valence-corrected chi connectivity index (χ4v) is 3.90. The van der Waals surface area contributed by atoms with Crippen molar-refractivity contribution in [1.29, 1.82) is 0 Å². The lowest BCUT2D eigenvalue weighted by Crippen LogP contribution is -2.17. The predicted octanol–water partition coefficient (Wildman–Crippen LogP) is 6.80. The maximum absolute atomic E-state index is 13.4. The van der Waals surface area contributed by atoms with E-state index in [0.29, 0.717) is 34.4 Å². The average molecular weight is 466 g/mol. The number of alkyl halides is 6. The van der Waals surface area contributed by atoms with Crippen LogP contribution in [0, 0.1) is 0 Å². The molecule has 0 fully saturated rings. The monoisotopic (exact) mass is 466 g/mol. The van der Waals surface area contributed by atoms with Crippen molar-refractivity contribution >= 4 is 5.97 Å². The summed E-state index contributed by atoms with van der Waals surface area (Å²) in [5.74, 6) is -0.671. The molecular weight excluding hydrogens is 450 g/mol. The molecule has 172 valence electrons. The number of esters is 1. The Bertz CT molecular complexity index is 1180. The molecule has 0 amide bonds. The molecule has 0 bridgehead atoms. The van der Waals surface area contributed by atoms with Gasteiger partial charge in [0.15, 0.2) is 6.10 Å². The number of ether oxygens (including phenoxy) is 2. The van der Waals surface area contributed by atoms with Crippen molar-refractivity contribution in [3.05, 3.63) is 82.9 Å². The van der Waals surface area contributed by atoms with Crippen molar-refractivity contribution in [1.82, 2.24) is 0 Å². The van der Waals surface area contributed by atoms with Crippen molar-refractivity contribution in [2.75, 3.05) is 7.11 Å². The number of benzene rings is 3. The van der Waals surface area contributed by atoms with Gasteiger partial charge in [-0.15, -0.1) is 0 Å². The minimum Gasteiger partial charge on any atom is -0.467 e. The molecule has 3 nitrogen and oxygen atoms in total. The first-order chi connectivity index (χ1) is 15.5. The third-order valence-corrected chi connectivity index (χ3v) is 5.42. The van der Waals surface area contributed by atoms with Gasteiger partial charge in [0.05, 0.1) is 24.8 Å². The summed E-state index contributed by atoms with van der Waals surface area (Å²) in [5.41, 5.74) is -0.967. The molecule has 1 aliphatic heterocycles. The minimum atomic E-state index is -4.97. The Balaban J connectivity index is 1.95. The number of fused-ring (bicyclic) bond motifs is 3. The number of methoxy groups -OCH3 is 1. The van der Waals surface area contributed by atoms with Crippen LogP contribution in [-0.4, -0.2) is 13.1 Å². The van der Waals surface area contributed by atoms with E-state index in [4.69, 9.17) is 9.47 Å². The van der Waals surface area contributed by atoms with Gasteiger partial charge in [0, 0.05) is 0 Å². The molecule has 0 spiro atoms. The summed E-state index contributed by atoms with van der Waals surface area (Å²) in [5, 5.41) is 0. The van der Waals surface area contributed by atoms with Crippen LogP contribution in [0.3, 0.4) is 0 Å². The van der Waals surface area contributed by atoms with Crippen LogP contribution in [0.25, 0.3) is 22.3 Å². The summed E-state index contributed by atoms with van der Waals surface area (Å²) in [6.07, 6.45) is -11.0. The second-order valence-electron chi connectivity index (χ2n) is 7.43. The second kappa shape index (κ2) is 8.22. The second-order valence-corrected chi connectivity index (χ2v) is 7.43. The fraction of sp³-hybridized carbons (Fsp3) is 0.208. The van der Waals surface area contributed by atoms with Crippen LogP contribution in [0.15, 0.2) is 60.7 Å². The zero-order valence-electron chi connectivity index (χ0n) is 17.1. The number of hydrogen-bond donors (Lipinski definition) is 0. The first kappa shape index (κ1) is 22.8. The van der Waals surface area contributed by atoms with Gasteiger partial charge in [-0.25, -0.2) is 4.79 Å². The van der Waals surface area contributed by atoms with E-state index in [1.165, 1.54) is 19.2 Å². The molecule has 1 unspecified atom stereocenters. The lowest BCUT2D eigenvalue weighted by atomic mass is 9.89. The highest BCUT2D eigenvalue weighted by Crippen LogP contribution is 2.43. The fourth-order valence-electron chi connectivity index (χ4n) is 3.90. The topological polar surface area (TPSA) is 35.5 Å². The Morgan fingerprint density at radius 2 is 1.42 bits per heavy atom. The van der Waals surface area contributed by atoms with Crippen LogP contribution in [0.5, 0.6) is 0 Å². The normalized spacial score (nSPS) is 15.9. The van der Waals surface area contributed by atoms with E-state index in [-0.39, 0.29) is 23.8 Å². The summed E-state index contributed by atoms with van der Waals surface area (Å²) in [6.45, 7) is -0.225. The molecule has 3 aromatic carbocycles. The summed E-state index contributed by atoms with van der Waals surface area (Å²) in [7, 11) is 1.19. The number of carbonyl (C=O) groups is 1. The van der Waals surface area contributed by atoms with Crippen LogP contribution < -0.4 is 0 Å². The molecule has 0 radical (unpaired) electrons. The van der Waals surface area contributed by atoms with Crippen LogP contribution in [0.4, 0.5) is 26.3 Å². The Kier molecular flexibility index (Phi) is 5.69. The smallest absolute Gasteiger partial charge is 0.416 e. The summed E-state index contributed by atoms with van der Waals surface area (Å²) < 4.78 is 90.9. The Morgan fingerprint density at radius 3 is 2.03 bits per heavy atom. The summed E-state index contributed by atoms with van der Waals surface area (Å²) in [4.78, 5) is 12.3. The van der Waals surface area contributed by atoms with E-state index in [9.17, 15) is 31.1 Å². The van der Waals surface area contributed by atoms with Crippen LogP contribution in [0.2, 0.25) is 0 Å². The third-order valence-electron chi connectivity index (χ3n) is 5.42. The highest BCUT2D eigenvalue weighted by molar-refractivity contribution is 5.85. The molecule has 1 atom stereocenters. The molecule has 4 rings (SSSR count). The van der Waals surface area contributed by atoms with E-state index < -0.39 is 35.6 Å². The van der Waals surface area contributed by atoms with E-state index in [1.807, 2.05) is 0 Å². The molecule has 0 N–H and O–H groups in total. The van der Waals surface area contributed by atoms with Crippen molar-refractivity contribution < 1.29 is 40.6 Å². The van der Waals surface area contributed by atoms with Gasteiger partial charge in [-0.3, -0.25) is 0 Å². The molecule has 0 aromatic heterocycles. The maximum Gasteiger partial charge on any atom is 0.416 e. The van der Waals surface area contributed by atoms with Crippen LogP contribution in [-0.2, 0) is 33.2 Å². The molecule has 1 heterocycles. The van der Waals surface area contributed by atoms with Gasteiger partial charge in [0.25, 0.3) is 0 Å². The molecule has 0 saturated heterocycles. The minimum absolute atomic E-state index is 0.0875. The largest absolute Gasteiger partial charge is 0.467 e. The van der Waals surface area contributed by atoms with Crippen LogP contribution >= 0.6 is 0 Å². The highest BCUT2D eigenvalue weighted by atomic mass is 19.4. The third kappa shape index (κ3) is 4.32. The standard InChI is InChI=1S/C24H16F6O3/c1-32-22(31)21-19-6-3-2-5-17(19)18-8-4-7-16(20(18)12-33-21)13-9-14(23(25,26)27)11-15(10-13)24(28,29)30/h2-11,21H,12H2,1H3. The van der Waals surface area contributed by atoms with E-state index >= 15 is 0 Å². The van der Waals surface area contributed by atoms with Gasteiger partial charge in [0.1, 0.15) is 0 Å². The number of rotatable bonds is 2. The molecule has 3 aromatic rings. The Morgan fingerprint density at radius 1 is 0.848 bits per heavy atom. The average Bonchev–Trinajstić information content (AvgIpc) is 2.94. The van der Waals surface area contributed by atoms with Crippen molar-refractivity contribution in [2.24, 2.45) is 0 Å². The van der Waals surface area contributed by atoms with Crippen LogP contribution in [0.1, 0.15) is 28.4 Å². The van der Waals surface area contributed by atoms with Gasteiger partial charge in [-0.1, -0.05) is 42.5 Å². The molecule has 9 heteroatoms.